The van der Waals surface area contributed by atoms with Crippen LogP contribution in [0.3, 0.4) is 0 Å². The summed E-state index contributed by atoms with van der Waals surface area (Å²) in [7, 11) is 1.39. The second kappa shape index (κ2) is 4.17. The molecule has 0 spiro atoms. The van der Waals surface area contributed by atoms with Crippen molar-refractivity contribution in [3.05, 3.63) is 35.4 Å². The predicted octanol–water partition coefficient (Wildman–Crippen LogP) is 0.408. The van der Waals surface area contributed by atoms with E-state index in [0.717, 1.165) is 16.0 Å². The molecule has 0 saturated carbocycles. The summed E-state index contributed by atoms with van der Waals surface area (Å²) in [5.74, 6) is -2.66. The number of carbonyl (C=O) groups is 2. The zero-order chi connectivity index (χ0) is 16.4. The van der Waals surface area contributed by atoms with E-state index in [-0.39, 0.29) is 5.91 Å². The molecule has 7 heteroatoms. The SMILES string of the molecule is CN1C(=O)[C@H]2[C@H]3c4ccccc4C=NN3C(C#N)(C#N)[C@H]2C1=O. The summed E-state index contributed by atoms with van der Waals surface area (Å²) in [4.78, 5) is 26.1. The topological polar surface area (TPSA) is 101 Å². The summed E-state index contributed by atoms with van der Waals surface area (Å²) >= 11 is 0. The van der Waals surface area contributed by atoms with Crippen LogP contribution in [-0.2, 0) is 9.59 Å². The van der Waals surface area contributed by atoms with Gasteiger partial charge in [-0.05, 0) is 11.1 Å². The molecule has 0 bridgehead atoms. The summed E-state index contributed by atoms with van der Waals surface area (Å²) < 4.78 is 0. The molecule has 3 aliphatic rings. The number of hydrogen-bond acceptors (Lipinski definition) is 6. The number of amides is 2. The first-order valence-corrected chi connectivity index (χ1v) is 7.13. The second-order valence-corrected chi connectivity index (χ2v) is 5.89. The van der Waals surface area contributed by atoms with Crippen molar-refractivity contribution < 1.29 is 9.59 Å². The van der Waals surface area contributed by atoms with E-state index in [2.05, 4.69) is 5.10 Å². The van der Waals surface area contributed by atoms with Gasteiger partial charge in [-0.1, -0.05) is 24.3 Å². The predicted molar refractivity (Wildman–Crippen MR) is 77.3 cm³/mol. The Morgan fingerprint density at radius 2 is 1.87 bits per heavy atom. The lowest BCUT2D eigenvalue weighted by molar-refractivity contribution is -0.140. The summed E-state index contributed by atoms with van der Waals surface area (Å²) in [5.41, 5.74) is -0.132. The molecule has 2 saturated heterocycles. The van der Waals surface area contributed by atoms with Gasteiger partial charge in [-0.2, -0.15) is 15.6 Å². The fourth-order valence-electron chi connectivity index (χ4n) is 3.88. The standard InChI is InChI=1S/C16H11N5O2/c1-20-14(22)11-12(15(20)23)16(7-17,8-18)21-13(11)10-5-3-2-4-9(10)6-19-21/h2-6,11-13H,1H3/t11-,12-,13-/m1/s1. The molecule has 0 unspecified atom stereocenters. The van der Waals surface area contributed by atoms with Gasteiger partial charge in [-0.25, -0.2) is 0 Å². The lowest BCUT2D eigenvalue weighted by Crippen LogP contribution is -2.48. The summed E-state index contributed by atoms with van der Waals surface area (Å²) in [6.07, 6.45) is 1.56. The van der Waals surface area contributed by atoms with E-state index in [1.165, 1.54) is 12.1 Å². The van der Waals surface area contributed by atoms with Gasteiger partial charge in [0.2, 0.25) is 17.4 Å². The molecule has 23 heavy (non-hydrogen) atoms. The van der Waals surface area contributed by atoms with Crippen molar-refractivity contribution in [1.29, 1.82) is 10.5 Å². The molecule has 3 atom stereocenters. The molecule has 4 rings (SSSR count). The summed E-state index contributed by atoms with van der Waals surface area (Å²) in [6, 6.07) is 10.7. The molecule has 1 aromatic rings. The average Bonchev–Trinajstić information content (AvgIpc) is 3.01. The smallest absolute Gasteiger partial charge is 0.242 e. The average molecular weight is 305 g/mol. The summed E-state index contributed by atoms with van der Waals surface area (Å²) in [5, 5.41) is 24.9. The number of rotatable bonds is 0. The Morgan fingerprint density at radius 1 is 1.17 bits per heavy atom. The Kier molecular flexibility index (Phi) is 2.44. The van der Waals surface area contributed by atoms with Gasteiger partial charge in [0.05, 0.1) is 18.2 Å². The number of nitriles is 2. The van der Waals surface area contributed by atoms with Crippen LogP contribution in [0, 0.1) is 34.5 Å². The van der Waals surface area contributed by atoms with Crippen molar-refractivity contribution in [3.63, 3.8) is 0 Å². The van der Waals surface area contributed by atoms with E-state index in [1.807, 2.05) is 36.4 Å². The maximum atomic E-state index is 12.6. The minimum atomic E-state index is -1.77. The fourth-order valence-corrected chi connectivity index (χ4v) is 3.88. The Bertz CT molecular complexity index is 848. The highest BCUT2D eigenvalue weighted by molar-refractivity contribution is 6.07. The van der Waals surface area contributed by atoms with Crippen LogP contribution in [0.1, 0.15) is 17.2 Å². The third-order valence-electron chi connectivity index (χ3n) is 4.96. The van der Waals surface area contributed by atoms with Crippen LogP contribution in [0.2, 0.25) is 0 Å². The number of benzene rings is 1. The van der Waals surface area contributed by atoms with Crippen molar-refractivity contribution in [2.75, 3.05) is 7.05 Å². The lowest BCUT2D eigenvalue weighted by atomic mass is 9.80. The molecular formula is C16H11N5O2. The van der Waals surface area contributed by atoms with Crippen LogP contribution in [0.5, 0.6) is 0 Å². The highest BCUT2D eigenvalue weighted by Crippen LogP contribution is 2.55. The Hall–Kier alpha value is -3.19. The van der Waals surface area contributed by atoms with E-state index in [1.54, 1.807) is 6.21 Å². The number of carbonyl (C=O) groups excluding carboxylic acids is 2. The zero-order valence-corrected chi connectivity index (χ0v) is 12.2. The van der Waals surface area contributed by atoms with Crippen LogP contribution < -0.4 is 0 Å². The van der Waals surface area contributed by atoms with Crippen LogP contribution >= 0.6 is 0 Å². The highest BCUT2D eigenvalue weighted by Gasteiger charge is 2.71. The third kappa shape index (κ3) is 1.35. The molecule has 112 valence electrons. The van der Waals surface area contributed by atoms with Crippen molar-refractivity contribution in [2.24, 2.45) is 16.9 Å². The van der Waals surface area contributed by atoms with Crippen LogP contribution in [0.4, 0.5) is 0 Å². The maximum Gasteiger partial charge on any atom is 0.242 e. The van der Waals surface area contributed by atoms with Gasteiger partial charge in [0.25, 0.3) is 0 Å². The maximum absolute atomic E-state index is 12.6. The second-order valence-electron chi connectivity index (χ2n) is 5.89. The molecule has 0 aromatic heterocycles. The molecular weight excluding hydrogens is 294 g/mol. The van der Waals surface area contributed by atoms with Crippen molar-refractivity contribution in [2.45, 2.75) is 11.6 Å². The lowest BCUT2D eigenvalue weighted by Gasteiger charge is -2.34. The zero-order valence-electron chi connectivity index (χ0n) is 12.2. The van der Waals surface area contributed by atoms with E-state index in [4.69, 9.17) is 0 Å². The first-order chi connectivity index (χ1) is 11.1. The first kappa shape index (κ1) is 13.5. The monoisotopic (exact) mass is 305 g/mol. The minimum Gasteiger partial charge on any atom is -0.285 e. The van der Waals surface area contributed by atoms with E-state index in [0.29, 0.717) is 0 Å². The molecule has 2 amide bonds. The Labute approximate surface area is 132 Å². The van der Waals surface area contributed by atoms with Crippen LogP contribution in [0.15, 0.2) is 29.4 Å². The quantitative estimate of drug-likeness (QED) is 0.646. The van der Waals surface area contributed by atoms with Crippen LogP contribution in [-0.4, -0.2) is 40.5 Å². The van der Waals surface area contributed by atoms with E-state index < -0.39 is 29.3 Å². The molecule has 0 radical (unpaired) electrons. The molecule has 3 aliphatic heterocycles. The molecule has 0 aliphatic carbocycles. The van der Waals surface area contributed by atoms with Gasteiger partial charge < -0.3 is 0 Å². The highest BCUT2D eigenvalue weighted by atomic mass is 16.2. The molecule has 3 heterocycles. The molecule has 1 aromatic carbocycles. The number of fused-ring (bicyclic) bond motifs is 5. The molecule has 2 fully saturated rings. The van der Waals surface area contributed by atoms with Gasteiger partial charge in [-0.3, -0.25) is 19.5 Å². The number of hydrazone groups is 1. The van der Waals surface area contributed by atoms with Crippen LogP contribution in [0.25, 0.3) is 0 Å². The van der Waals surface area contributed by atoms with E-state index in [9.17, 15) is 20.1 Å². The van der Waals surface area contributed by atoms with Gasteiger partial charge in [0, 0.05) is 7.05 Å². The minimum absolute atomic E-state index is 0.366. The van der Waals surface area contributed by atoms with Gasteiger partial charge in [0.1, 0.15) is 18.1 Å². The largest absolute Gasteiger partial charge is 0.285 e. The van der Waals surface area contributed by atoms with E-state index >= 15 is 0 Å². The van der Waals surface area contributed by atoms with Gasteiger partial charge in [-0.15, -0.1) is 0 Å². The number of nitrogens with zero attached hydrogens (tertiary/aromatic N) is 5. The third-order valence-corrected chi connectivity index (χ3v) is 4.96. The first-order valence-electron chi connectivity index (χ1n) is 7.13. The van der Waals surface area contributed by atoms with Crippen molar-refractivity contribution in [1.82, 2.24) is 9.91 Å². The number of imide groups is 1. The molecule has 0 N–H and O–H groups in total. The van der Waals surface area contributed by atoms with Crippen molar-refractivity contribution in [3.8, 4) is 12.1 Å². The Morgan fingerprint density at radius 3 is 2.57 bits per heavy atom. The number of hydrogen-bond donors (Lipinski definition) is 0. The summed E-state index contributed by atoms with van der Waals surface area (Å²) in [6.45, 7) is 0. The number of likely N-dealkylation sites (tertiary alicyclic amines) is 1. The fraction of sp³-hybridized carbons (Fsp3) is 0.312. The van der Waals surface area contributed by atoms with Gasteiger partial charge in [0.15, 0.2) is 0 Å². The van der Waals surface area contributed by atoms with Gasteiger partial charge >= 0.3 is 0 Å². The Balaban J connectivity index is 2.00. The normalized spacial score (nSPS) is 29.6. The van der Waals surface area contributed by atoms with Crippen molar-refractivity contribution >= 4 is 18.0 Å². The molecule has 7 nitrogen and oxygen atoms in total.